The lowest BCUT2D eigenvalue weighted by Gasteiger charge is -2.21. The van der Waals surface area contributed by atoms with Crippen LogP contribution >= 0.6 is 0 Å². The van der Waals surface area contributed by atoms with Crippen molar-refractivity contribution in [2.45, 2.75) is 70.5 Å². The van der Waals surface area contributed by atoms with Gasteiger partial charge >= 0.3 is 0 Å². The van der Waals surface area contributed by atoms with E-state index in [1.54, 1.807) is 7.11 Å². The van der Waals surface area contributed by atoms with Gasteiger partial charge in [-0.3, -0.25) is 4.79 Å². The van der Waals surface area contributed by atoms with Gasteiger partial charge in [0.05, 0.1) is 13.2 Å². The van der Waals surface area contributed by atoms with Crippen molar-refractivity contribution in [2.24, 2.45) is 0 Å². The van der Waals surface area contributed by atoms with Crippen LogP contribution in [0.3, 0.4) is 0 Å². The maximum atomic E-state index is 12.9. The Kier molecular flexibility index (Phi) is 7.48. The highest BCUT2D eigenvalue weighted by atomic mass is 16.5. The second kappa shape index (κ2) is 10.7. The minimum atomic E-state index is -0.224. The third kappa shape index (κ3) is 5.33. The van der Waals surface area contributed by atoms with Crippen molar-refractivity contribution in [2.75, 3.05) is 7.11 Å². The number of hydrogen-bond acceptors (Lipinski definition) is 4. The third-order valence-electron chi connectivity index (χ3n) is 6.51. The highest BCUT2D eigenvalue weighted by Gasteiger charge is 2.20. The standard InChI is InChI=1S/C27H34N2O3/c1-19(20-11-7-6-8-12-20)29-27(30)25-17-23-21(15-16-24(31-2)26(23)32-25)18-28-22-13-9-4-3-5-10-14-22/h6-8,11-12,15-17,19,22,28H,3-5,9-10,13-14,18H2,1-2H3,(H,29,30)/t19-/m0/s1. The maximum Gasteiger partial charge on any atom is 0.287 e. The van der Waals surface area contributed by atoms with Crippen LogP contribution in [0.1, 0.15) is 79.6 Å². The molecule has 5 nitrogen and oxygen atoms in total. The maximum absolute atomic E-state index is 12.9. The molecule has 0 spiro atoms. The normalized spacial score (nSPS) is 16.3. The van der Waals surface area contributed by atoms with Crippen molar-refractivity contribution < 1.29 is 13.9 Å². The molecule has 1 amide bonds. The average Bonchev–Trinajstić information content (AvgIpc) is 3.25. The van der Waals surface area contributed by atoms with Crippen LogP contribution in [0.4, 0.5) is 0 Å². The van der Waals surface area contributed by atoms with E-state index >= 15 is 0 Å². The quantitative estimate of drug-likeness (QED) is 0.469. The number of amides is 1. The Labute approximate surface area is 190 Å². The van der Waals surface area contributed by atoms with Crippen LogP contribution < -0.4 is 15.4 Å². The van der Waals surface area contributed by atoms with Crippen LogP contribution in [0.5, 0.6) is 5.75 Å². The van der Waals surface area contributed by atoms with Gasteiger partial charge in [0.25, 0.3) is 5.91 Å². The molecule has 5 heteroatoms. The molecule has 1 aromatic heterocycles. The van der Waals surface area contributed by atoms with Gasteiger partial charge in [0.15, 0.2) is 17.1 Å². The van der Waals surface area contributed by atoms with Crippen molar-refractivity contribution in [3.63, 3.8) is 0 Å². The molecule has 2 N–H and O–H groups in total. The zero-order valence-corrected chi connectivity index (χ0v) is 19.2. The largest absolute Gasteiger partial charge is 0.493 e. The van der Waals surface area contributed by atoms with Gasteiger partial charge in [-0.05, 0) is 43.0 Å². The number of rotatable bonds is 7. The predicted octanol–water partition coefficient (Wildman–Crippen LogP) is 6.13. The van der Waals surface area contributed by atoms with Gasteiger partial charge in [-0.2, -0.15) is 0 Å². The summed E-state index contributed by atoms with van der Waals surface area (Å²) in [6.07, 6.45) is 9.11. The first-order valence-electron chi connectivity index (χ1n) is 11.8. The number of ether oxygens (including phenoxy) is 1. The molecule has 1 aliphatic carbocycles. The fourth-order valence-corrected chi connectivity index (χ4v) is 4.59. The summed E-state index contributed by atoms with van der Waals surface area (Å²) in [7, 11) is 1.63. The molecule has 4 rings (SSSR count). The first-order chi connectivity index (χ1) is 15.7. The molecule has 0 saturated heterocycles. The van der Waals surface area contributed by atoms with Crippen LogP contribution in [0.15, 0.2) is 52.9 Å². The molecule has 2 aromatic carbocycles. The van der Waals surface area contributed by atoms with Crippen LogP contribution in [0.25, 0.3) is 11.0 Å². The van der Waals surface area contributed by atoms with E-state index in [4.69, 9.17) is 9.15 Å². The van der Waals surface area contributed by atoms with E-state index in [2.05, 4.69) is 16.7 Å². The number of fused-ring (bicyclic) bond motifs is 1. The summed E-state index contributed by atoms with van der Waals surface area (Å²) < 4.78 is 11.5. The van der Waals surface area contributed by atoms with Crippen molar-refractivity contribution in [3.05, 3.63) is 65.4 Å². The molecule has 1 fully saturated rings. The summed E-state index contributed by atoms with van der Waals surface area (Å²) in [6.45, 7) is 2.73. The lowest BCUT2D eigenvalue weighted by molar-refractivity contribution is 0.0914. The fraction of sp³-hybridized carbons (Fsp3) is 0.444. The number of nitrogens with one attached hydrogen (secondary N) is 2. The molecule has 1 saturated carbocycles. The molecule has 1 atom stereocenters. The van der Waals surface area contributed by atoms with Crippen LogP contribution in [0.2, 0.25) is 0 Å². The summed E-state index contributed by atoms with van der Waals surface area (Å²) in [4.78, 5) is 12.9. The van der Waals surface area contributed by atoms with Crippen LogP contribution in [-0.4, -0.2) is 19.1 Å². The highest BCUT2D eigenvalue weighted by molar-refractivity contribution is 5.98. The molecule has 1 heterocycles. The minimum Gasteiger partial charge on any atom is -0.493 e. The van der Waals surface area contributed by atoms with Crippen molar-refractivity contribution in [3.8, 4) is 5.75 Å². The second-order valence-corrected chi connectivity index (χ2v) is 8.81. The molecule has 0 aliphatic heterocycles. The van der Waals surface area contributed by atoms with E-state index in [9.17, 15) is 4.79 Å². The molecule has 0 bridgehead atoms. The number of furan rings is 1. The first-order valence-corrected chi connectivity index (χ1v) is 11.8. The predicted molar refractivity (Wildman–Crippen MR) is 128 cm³/mol. The number of carbonyl (C=O) groups is 1. The number of carbonyl (C=O) groups excluding carboxylic acids is 1. The van der Waals surface area contributed by atoms with Gasteiger partial charge < -0.3 is 19.8 Å². The van der Waals surface area contributed by atoms with E-state index < -0.39 is 0 Å². The zero-order chi connectivity index (χ0) is 22.3. The zero-order valence-electron chi connectivity index (χ0n) is 19.2. The number of hydrogen-bond donors (Lipinski definition) is 2. The number of benzene rings is 2. The molecular formula is C27H34N2O3. The Balaban J connectivity index is 1.51. The molecule has 0 radical (unpaired) electrons. The van der Waals surface area contributed by atoms with Gasteiger partial charge in [0.1, 0.15) is 0 Å². The lowest BCUT2D eigenvalue weighted by atomic mass is 9.96. The van der Waals surface area contributed by atoms with Gasteiger partial charge in [-0.1, -0.05) is 68.5 Å². The molecular weight excluding hydrogens is 400 g/mol. The van der Waals surface area contributed by atoms with E-state index in [-0.39, 0.29) is 11.9 Å². The SMILES string of the molecule is COc1ccc(CNC2CCCCCCC2)c2cc(C(=O)N[C@@H](C)c3ccccc3)oc12. The van der Waals surface area contributed by atoms with Crippen molar-refractivity contribution >= 4 is 16.9 Å². The van der Waals surface area contributed by atoms with Gasteiger partial charge in [0, 0.05) is 18.0 Å². The summed E-state index contributed by atoms with van der Waals surface area (Å²) in [5.74, 6) is 0.725. The minimum absolute atomic E-state index is 0.112. The second-order valence-electron chi connectivity index (χ2n) is 8.81. The summed E-state index contributed by atoms with van der Waals surface area (Å²) in [5, 5.41) is 7.71. The van der Waals surface area contributed by atoms with Crippen LogP contribution in [0, 0.1) is 0 Å². The average molecular weight is 435 g/mol. The monoisotopic (exact) mass is 434 g/mol. The molecule has 1 aliphatic rings. The Bertz CT molecular complexity index is 1020. The molecule has 32 heavy (non-hydrogen) atoms. The number of methoxy groups -OCH3 is 1. The Morgan fingerprint density at radius 3 is 2.50 bits per heavy atom. The third-order valence-corrected chi connectivity index (χ3v) is 6.51. The van der Waals surface area contributed by atoms with Gasteiger partial charge in [0.2, 0.25) is 0 Å². The van der Waals surface area contributed by atoms with Gasteiger partial charge in [-0.25, -0.2) is 0 Å². The molecule has 170 valence electrons. The van der Waals surface area contributed by atoms with Crippen molar-refractivity contribution in [1.82, 2.24) is 10.6 Å². The van der Waals surface area contributed by atoms with E-state index in [1.165, 1.54) is 44.9 Å². The van der Waals surface area contributed by atoms with Crippen molar-refractivity contribution in [1.29, 1.82) is 0 Å². The lowest BCUT2D eigenvalue weighted by Crippen LogP contribution is -2.29. The van der Waals surface area contributed by atoms with E-state index in [0.717, 1.165) is 23.1 Å². The van der Waals surface area contributed by atoms with E-state index in [0.29, 0.717) is 23.1 Å². The Morgan fingerprint density at radius 2 is 1.78 bits per heavy atom. The fourth-order valence-electron chi connectivity index (χ4n) is 4.59. The highest BCUT2D eigenvalue weighted by Crippen LogP contribution is 2.32. The van der Waals surface area contributed by atoms with Crippen LogP contribution in [-0.2, 0) is 6.54 Å². The van der Waals surface area contributed by atoms with Gasteiger partial charge in [-0.15, -0.1) is 0 Å². The Hall–Kier alpha value is -2.79. The molecule has 0 unspecified atom stereocenters. The van der Waals surface area contributed by atoms with E-state index in [1.807, 2.05) is 49.4 Å². The molecule has 3 aromatic rings. The topological polar surface area (TPSA) is 63.5 Å². The smallest absolute Gasteiger partial charge is 0.287 e. The first kappa shape index (κ1) is 22.4. The summed E-state index contributed by atoms with van der Waals surface area (Å²) >= 11 is 0. The Morgan fingerprint density at radius 1 is 1.06 bits per heavy atom. The summed E-state index contributed by atoms with van der Waals surface area (Å²) in [5.41, 5.74) is 2.81. The summed E-state index contributed by atoms with van der Waals surface area (Å²) in [6, 6.07) is 16.2.